The zero-order valence-electron chi connectivity index (χ0n) is 12.2. The highest BCUT2D eigenvalue weighted by Crippen LogP contribution is 2.24. The molecule has 23 heavy (non-hydrogen) atoms. The van der Waals surface area contributed by atoms with Gasteiger partial charge < -0.3 is 15.5 Å². The highest BCUT2D eigenvalue weighted by Gasteiger charge is 2.25. The molecule has 1 saturated heterocycles. The molecule has 0 unspecified atom stereocenters. The molecule has 0 aliphatic carbocycles. The van der Waals surface area contributed by atoms with Gasteiger partial charge in [-0.05, 0) is 12.1 Å². The second kappa shape index (κ2) is 6.21. The fourth-order valence-corrected chi connectivity index (χ4v) is 3.19. The summed E-state index contributed by atoms with van der Waals surface area (Å²) in [4.78, 5) is 30.9. The van der Waals surface area contributed by atoms with E-state index in [9.17, 15) is 14.9 Å². The first kappa shape index (κ1) is 15.2. The topological polar surface area (TPSA) is 106 Å². The van der Waals surface area contributed by atoms with Crippen LogP contribution in [0.2, 0.25) is 0 Å². The van der Waals surface area contributed by atoms with Crippen LogP contribution < -0.4 is 10.6 Å². The van der Waals surface area contributed by atoms with Crippen molar-refractivity contribution in [2.75, 3.05) is 36.8 Å². The summed E-state index contributed by atoms with van der Waals surface area (Å²) in [5.74, 6) is -0.216. The fourth-order valence-electron chi connectivity index (χ4n) is 2.49. The zero-order chi connectivity index (χ0) is 16.4. The van der Waals surface area contributed by atoms with Crippen LogP contribution in [-0.4, -0.2) is 46.9 Å². The van der Waals surface area contributed by atoms with Gasteiger partial charge in [0, 0.05) is 49.4 Å². The predicted molar refractivity (Wildman–Crippen MR) is 87.7 cm³/mol. The maximum absolute atomic E-state index is 12.5. The lowest BCUT2D eigenvalue weighted by molar-refractivity contribution is -0.383. The third kappa shape index (κ3) is 3.09. The van der Waals surface area contributed by atoms with Crippen molar-refractivity contribution in [1.82, 2.24) is 9.88 Å². The van der Waals surface area contributed by atoms with E-state index in [0.717, 1.165) is 5.13 Å². The lowest BCUT2D eigenvalue weighted by atomic mass is 10.1. The molecule has 120 valence electrons. The van der Waals surface area contributed by atoms with Gasteiger partial charge in [-0.2, -0.15) is 0 Å². The fraction of sp³-hybridized carbons (Fsp3) is 0.286. The van der Waals surface area contributed by atoms with Gasteiger partial charge in [0.05, 0.1) is 4.92 Å². The number of nitrogens with two attached hydrogens (primary N) is 1. The molecule has 1 amide bonds. The summed E-state index contributed by atoms with van der Waals surface area (Å²) in [5, 5.41) is 13.8. The van der Waals surface area contributed by atoms with Crippen LogP contribution in [0.3, 0.4) is 0 Å². The number of hydrogen-bond acceptors (Lipinski definition) is 7. The molecule has 0 bridgehead atoms. The highest BCUT2D eigenvalue weighted by atomic mass is 32.1. The molecule has 1 aliphatic heterocycles. The molecule has 9 heteroatoms. The van der Waals surface area contributed by atoms with Gasteiger partial charge >= 0.3 is 0 Å². The number of hydrogen-bond donors (Lipinski definition) is 1. The van der Waals surface area contributed by atoms with Crippen molar-refractivity contribution in [3.63, 3.8) is 0 Å². The van der Waals surface area contributed by atoms with Gasteiger partial charge in [0.25, 0.3) is 11.6 Å². The van der Waals surface area contributed by atoms with Crippen LogP contribution in [0, 0.1) is 10.1 Å². The Morgan fingerprint density at radius 2 is 2.04 bits per heavy atom. The van der Waals surface area contributed by atoms with Crippen molar-refractivity contribution in [2.24, 2.45) is 0 Å². The first-order valence-corrected chi connectivity index (χ1v) is 7.92. The second-order valence-electron chi connectivity index (χ2n) is 5.12. The van der Waals surface area contributed by atoms with Crippen molar-refractivity contribution >= 4 is 33.8 Å². The number of amides is 1. The summed E-state index contributed by atoms with van der Waals surface area (Å²) >= 11 is 1.56. The van der Waals surface area contributed by atoms with Crippen LogP contribution in [-0.2, 0) is 0 Å². The lowest BCUT2D eigenvalue weighted by Gasteiger charge is -2.34. The summed E-state index contributed by atoms with van der Waals surface area (Å²) < 4.78 is 0. The van der Waals surface area contributed by atoms with Crippen LogP contribution in [0.15, 0.2) is 29.8 Å². The molecular weight excluding hydrogens is 318 g/mol. The molecule has 1 aromatic heterocycles. The Bertz CT molecular complexity index is 726. The summed E-state index contributed by atoms with van der Waals surface area (Å²) in [5.41, 5.74) is 5.67. The summed E-state index contributed by atoms with van der Waals surface area (Å²) in [6.07, 6.45) is 1.75. The standard InChI is InChI=1S/C14H15N5O3S/c15-11-2-1-10(9-12(11)19(21)22)13(20)17-4-6-18(7-5-17)14-16-3-8-23-14/h1-3,8-9H,4-7,15H2. The van der Waals surface area contributed by atoms with Crippen LogP contribution in [0.1, 0.15) is 10.4 Å². The number of anilines is 2. The van der Waals surface area contributed by atoms with Gasteiger partial charge in [-0.15, -0.1) is 11.3 Å². The van der Waals surface area contributed by atoms with Gasteiger partial charge in [0.1, 0.15) is 5.69 Å². The number of thiazole rings is 1. The number of carbonyl (C=O) groups excluding carboxylic acids is 1. The molecule has 0 atom stereocenters. The normalized spacial score (nSPS) is 14.8. The average molecular weight is 333 g/mol. The van der Waals surface area contributed by atoms with Gasteiger partial charge in [-0.1, -0.05) is 0 Å². The Labute approximate surface area is 136 Å². The summed E-state index contributed by atoms with van der Waals surface area (Å²) in [7, 11) is 0. The van der Waals surface area contributed by atoms with E-state index in [4.69, 9.17) is 5.73 Å². The Hall–Kier alpha value is -2.68. The maximum atomic E-state index is 12.5. The van der Waals surface area contributed by atoms with Crippen LogP contribution >= 0.6 is 11.3 Å². The van der Waals surface area contributed by atoms with Crippen LogP contribution in [0.25, 0.3) is 0 Å². The number of benzene rings is 1. The minimum atomic E-state index is -0.577. The molecule has 2 aromatic rings. The Kier molecular flexibility index (Phi) is 4.11. The molecule has 0 radical (unpaired) electrons. The number of carbonyl (C=O) groups is 1. The summed E-state index contributed by atoms with van der Waals surface area (Å²) in [6, 6.07) is 4.17. The number of nitrogen functional groups attached to an aromatic ring is 1. The van der Waals surface area contributed by atoms with Crippen LogP contribution in [0.5, 0.6) is 0 Å². The lowest BCUT2D eigenvalue weighted by Crippen LogP contribution is -2.48. The number of nitrogens with zero attached hydrogens (tertiary/aromatic N) is 4. The molecular formula is C14H15N5O3S. The third-order valence-corrected chi connectivity index (χ3v) is 4.56. The summed E-state index contributed by atoms with van der Waals surface area (Å²) in [6.45, 7) is 2.49. The Morgan fingerprint density at radius 1 is 1.30 bits per heavy atom. The van der Waals surface area contributed by atoms with Gasteiger partial charge in [-0.3, -0.25) is 14.9 Å². The minimum absolute atomic E-state index is 0.0557. The molecule has 3 rings (SSSR count). The van der Waals surface area contributed by atoms with E-state index in [0.29, 0.717) is 26.2 Å². The molecule has 1 aromatic carbocycles. The largest absolute Gasteiger partial charge is 0.393 e. The van der Waals surface area contributed by atoms with E-state index in [1.165, 1.54) is 18.2 Å². The van der Waals surface area contributed by atoms with Crippen molar-refractivity contribution in [1.29, 1.82) is 0 Å². The van der Waals surface area contributed by atoms with E-state index in [1.807, 2.05) is 5.38 Å². The average Bonchev–Trinajstić information content (AvgIpc) is 3.09. The SMILES string of the molecule is Nc1ccc(C(=O)N2CCN(c3nccs3)CC2)cc1[N+](=O)[O-]. The highest BCUT2D eigenvalue weighted by molar-refractivity contribution is 7.13. The molecule has 1 aliphatic rings. The number of rotatable bonds is 3. The molecule has 1 fully saturated rings. The molecule has 0 spiro atoms. The van der Waals surface area contributed by atoms with Crippen molar-refractivity contribution in [3.8, 4) is 0 Å². The van der Waals surface area contributed by atoms with E-state index >= 15 is 0 Å². The number of nitro groups is 1. The van der Waals surface area contributed by atoms with Crippen molar-refractivity contribution in [2.45, 2.75) is 0 Å². The maximum Gasteiger partial charge on any atom is 0.292 e. The van der Waals surface area contributed by atoms with E-state index in [2.05, 4.69) is 9.88 Å². The minimum Gasteiger partial charge on any atom is -0.393 e. The van der Waals surface area contributed by atoms with Gasteiger partial charge in [0.15, 0.2) is 5.13 Å². The molecule has 0 saturated carbocycles. The molecule has 2 heterocycles. The van der Waals surface area contributed by atoms with E-state index < -0.39 is 4.92 Å². The zero-order valence-corrected chi connectivity index (χ0v) is 13.0. The molecule has 8 nitrogen and oxygen atoms in total. The molecule has 2 N–H and O–H groups in total. The van der Waals surface area contributed by atoms with Gasteiger partial charge in [0.2, 0.25) is 0 Å². The van der Waals surface area contributed by atoms with Gasteiger partial charge in [-0.25, -0.2) is 4.98 Å². The predicted octanol–water partition coefficient (Wildman–Crippen LogP) is 1.60. The third-order valence-electron chi connectivity index (χ3n) is 3.73. The van der Waals surface area contributed by atoms with Crippen molar-refractivity contribution in [3.05, 3.63) is 45.5 Å². The van der Waals surface area contributed by atoms with E-state index in [-0.39, 0.29) is 22.8 Å². The second-order valence-corrected chi connectivity index (χ2v) is 6.00. The number of nitro benzene ring substituents is 1. The monoisotopic (exact) mass is 333 g/mol. The Morgan fingerprint density at radius 3 is 2.65 bits per heavy atom. The van der Waals surface area contributed by atoms with E-state index in [1.54, 1.807) is 22.4 Å². The first-order chi connectivity index (χ1) is 11.1. The van der Waals surface area contributed by atoms with Crippen LogP contribution in [0.4, 0.5) is 16.5 Å². The smallest absolute Gasteiger partial charge is 0.292 e. The number of aromatic nitrogens is 1. The first-order valence-electron chi connectivity index (χ1n) is 7.04. The van der Waals surface area contributed by atoms with Crippen molar-refractivity contribution < 1.29 is 9.72 Å². The quantitative estimate of drug-likeness (QED) is 0.519. The Balaban J connectivity index is 1.70. The number of piperazine rings is 1.